The molecular formula is C27H23BrN6O2. The molecule has 0 bridgehead atoms. The number of carbonyl (C=O) groups excluding carboxylic acids is 1. The highest BCUT2D eigenvalue weighted by Gasteiger charge is 2.29. The molecule has 0 spiro atoms. The highest BCUT2D eigenvalue weighted by molar-refractivity contribution is 9.10. The number of nitrogen functional groups attached to an aromatic ring is 1. The number of carbonyl (C=O) groups is 1. The van der Waals surface area contributed by atoms with Gasteiger partial charge in [0, 0.05) is 41.9 Å². The summed E-state index contributed by atoms with van der Waals surface area (Å²) in [6.07, 6.45) is 6.71. The van der Waals surface area contributed by atoms with Gasteiger partial charge in [-0.2, -0.15) is 9.61 Å². The smallest absolute Gasteiger partial charge is 0.289 e. The van der Waals surface area contributed by atoms with E-state index in [1.54, 1.807) is 22.8 Å². The number of fused-ring (bicyclic) bond motifs is 1. The Balaban J connectivity index is 1.29. The Morgan fingerprint density at radius 2 is 1.81 bits per heavy atom. The van der Waals surface area contributed by atoms with Crippen LogP contribution in [0.2, 0.25) is 0 Å². The van der Waals surface area contributed by atoms with Crippen molar-refractivity contribution in [3.05, 3.63) is 89.2 Å². The Morgan fingerprint density at radius 1 is 1.00 bits per heavy atom. The van der Waals surface area contributed by atoms with E-state index >= 15 is 0 Å². The molecule has 0 atom stereocenters. The van der Waals surface area contributed by atoms with Gasteiger partial charge in [-0.3, -0.25) is 9.78 Å². The van der Waals surface area contributed by atoms with E-state index in [9.17, 15) is 4.79 Å². The maximum absolute atomic E-state index is 12.7. The Kier molecular flexibility index (Phi) is 5.77. The Labute approximate surface area is 215 Å². The number of pyridine rings is 1. The third-order valence-electron chi connectivity index (χ3n) is 6.69. The SMILES string of the molecule is Nc1c(Br)c(C2CCN(C(=O)c3ccco3)CC2)nc2c(-c3ccc(-c4ccccc4)nc3)cnn12. The molecule has 9 heteroatoms. The van der Waals surface area contributed by atoms with Gasteiger partial charge in [-0.15, -0.1) is 0 Å². The lowest BCUT2D eigenvalue weighted by molar-refractivity contribution is 0.0680. The number of likely N-dealkylation sites (tertiary alicyclic amines) is 1. The van der Waals surface area contributed by atoms with Gasteiger partial charge < -0.3 is 15.1 Å². The Hall–Kier alpha value is -3.98. The molecule has 1 aliphatic heterocycles. The van der Waals surface area contributed by atoms with Crippen LogP contribution in [0.15, 0.2) is 82.1 Å². The molecule has 1 amide bonds. The number of hydrogen-bond acceptors (Lipinski definition) is 6. The number of hydrogen-bond donors (Lipinski definition) is 1. The van der Waals surface area contributed by atoms with E-state index in [2.05, 4.69) is 26.0 Å². The number of amides is 1. The topological polar surface area (TPSA) is 103 Å². The lowest BCUT2D eigenvalue weighted by Gasteiger charge is -2.31. The first-order valence-corrected chi connectivity index (χ1v) is 12.6. The first-order valence-electron chi connectivity index (χ1n) is 11.8. The van der Waals surface area contributed by atoms with Crippen molar-refractivity contribution in [1.82, 2.24) is 24.5 Å². The second kappa shape index (κ2) is 9.23. The number of aromatic nitrogens is 4. The van der Waals surface area contributed by atoms with Gasteiger partial charge in [-0.05, 0) is 47.0 Å². The molecule has 1 saturated heterocycles. The minimum absolute atomic E-state index is 0.0787. The molecule has 8 nitrogen and oxygen atoms in total. The molecule has 1 aliphatic rings. The van der Waals surface area contributed by atoms with E-state index in [1.165, 1.54) is 6.26 Å². The minimum atomic E-state index is -0.0787. The summed E-state index contributed by atoms with van der Waals surface area (Å²) in [5, 5.41) is 4.49. The maximum Gasteiger partial charge on any atom is 0.289 e. The van der Waals surface area contributed by atoms with Crippen LogP contribution in [0.4, 0.5) is 5.82 Å². The molecule has 0 unspecified atom stereocenters. The van der Waals surface area contributed by atoms with Gasteiger partial charge in [-0.25, -0.2) is 4.98 Å². The molecule has 0 aliphatic carbocycles. The van der Waals surface area contributed by atoms with Crippen molar-refractivity contribution in [1.29, 1.82) is 0 Å². The Morgan fingerprint density at radius 3 is 2.50 bits per heavy atom. The molecule has 5 aromatic rings. The van der Waals surface area contributed by atoms with Crippen LogP contribution in [0, 0.1) is 0 Å². The number of furan rings is 1. The number of nitrogens with two attached hydrogens (primary N) is 1. The Bertz CT molecular complexity index is 1520. The van der Waals surface area contributed by atoms with Crippen molar-refractivity contribution < 1.29 is 9.21 Å². The van der Waals surface area contributed by atoms with Crippen LogP contribution in [-0.2, 0) is 0 Å². The lowest BCUT2D eigenvalue weighted by Crippen LogP contribution is -2.38. The molecule has 4 aromatic heterocycles. The van der Waals surface area contributed by atoms with Crippen molar-refractivity contribution in [2.45, 2.75) is 18.8 Å². The molecule has 0 saturated carbocycles. The average molecular weight is 543 g/mol. The zero-order chi connectivity index (χ0) is 24.6. The first kappa shape index (κ1) is 22.5. The third-order valence-corrected chi connectivity index (χ3v) is 7.51. The van der Waals surface area contributed by atoms with Gasteiger partial charge in [0.05, 0.1) is 28.3 Å². The number of nitrogens with zero attached hydrogens (tertiary/aromatic N) is 5. The van der Waals surface area contributed by atoms with Crippen molar-refractivity contribution in [2.75, 3.05) is 18.8 Å². The number of benzene rings is 1. The molecule has 6 rings (SSSR count). The van der Waals surface area contributed by atoms with Crippen LogP contribution in [0.3, 0.4) is 0 Å². The summed E-state index contributed by atoms with van der Waals surface area (Å²) in [6, 6.07) is 17.5. The normalized spacial score (nSPS) is 14.4. The van der Waals surface area contributed by atoms with E-state index in [1.807, 2.05) is 53.6 Å². The fourth-order valence-electron chi connectivity index (χ4n) is 4.73. The molecule has 0 radical (unpaired) electrons. The predicted molar refractivity (Wildman–Crippen MR) is 140 cm³/mol. The van der Waals surface area contributed by atoms with Crippen molar-refractivity contribution >= 4 is 33.3 Å². The van der Waals surface area contributed by atoms with Gasteiger partial charge in [0.15, 0.2) is 11.4 Å². The maximum atomic E-state index is 12.7. The fourth-order valence-corrected chi connectivity index (χ4v) is 5.31. The summed E-state index contributed by atoms with van der Waals surface area (Å²) < 4.78 is 7.68. The second-order valence-electron chi connectivity index (χ2n) is 8.83. The van der Waals surface area contributed by atoms with Crippen molar-refractivity contribution in [2.24, 2.45) is 0 Å². The summed E-state index contributed by atoms with van der Waals surface area (Å²) in [5.74, 6) is 0.956. The molecule has 1 fully saturated rings. The number of piperidine rings is 1. The van der Waals surface area contributed by atoms with E-state index < -0.39 is 0 Å². The summed E-state index contributed by atoms with van der Waals surface area (Å²) >= 11 is 3.66. The lowest BCUT2D eigenvalue weighted by atomic mass is 9.93. The van der Waals surface area contributed by atoms with E-state index in [4.69, 9.17) is 15.1 Å². The monoisotopic (exact) mass is 542 g/mol. The predicted octanol–water partition coefficient (Wildman–Crippen LogP) is 5.42. The van der Waals surface area contributed by atoms with E-state index in [0.717, 1.165) is 45.4 Å². The van der Waals surface area contributed by atoms with E-state index in [0.29, 0.717) is 30.3 Å². The average Bonchev–Trinajstić information content (AvgIpc) is 3.62. The molecule has 2 N–H and O–H groups in total. The largest absolute Gasteiger partial charge is 0.459 e. The highest BCUT2D eigenvalue weighted by atomic mass is 79.9. The summed E-state index contributed by atoms with van der Waals surface area (Å²) in [5.41, 5.74) is 11.8. The van der Waals surface area contributed by atoms with Crippen LogP contribution in [0.25, 0.3) is 28.0 Å². The van der Waals surface area contributed by atoms with Crippen LogP contribution in [-0.4, -0.2) is 43.5 Å². The minimum Gasteiger partial charge on any atom is -0.459 e. The number of halogens is 1. The molecule has 5 heterocycles. The van der Waals surface area contributed by atoms with Gasteiger partial charge in [0.1, 0.15) is 5.82 Å². The van der Waals surface area contributed by atoms with Crippen LogP contribution in [0.1, 0.15) is 35.0 Å². The van der Waals surface area contributed by atoms with Gasteiger partial charge in [0.2, 0.25) is 0 Å². The van der Waals surface area contributed by atoms with E-state index in [-0.39, 0.29) is 11.8 Å². The molecule has 180 valence electrons. The summed E-state index contributed by atoms with van der Waals surface area (Å²) in [6.45, 7) is 1.25. The molecule has 1 aromatic carbocycles. The fraction of sp³-hybridized carbons (Fsp3) is 0.185. The number of anilines is 1. The first-order chi connectivity index (χ1) is 17.6. The van der Waals surface area contributed by atoms with Crippen LogP contribution < -0.4 is 5.73 Å². The van der Waals surface area contributed by atoms with Crippen LogP contribution >= 0.6 is 15.9 Å². The van der Waals surface area contributed by atoms with Crippen LogP contribution in [0.5, 0.6) is 0 Å². The third kappa shape index (κ3) is 3.95. The molecular weight excluding hydrogens is 520 g/mol. The number of rotatable bonds is 4. The second-order valence-corrected chi connectivity index (χ2v) is 9.62. The van der Waals surface area contributed by atoms with Crippen molar-refractivity contribution in [3.63, 3.8) is 0 Å². The zero-order valence-corrected chi connectivity index (χ0v) is 20.9. The highest BCUT2D eigenvalue weighted by Crippen LogP contribution is 2.37. The zero-order valence-electron chi connectivity index (χ0n) is 19.3. The molecule has 36 heavy (non-hydrogen) atoms. The van der Waals surface area contributed by atoms with Gasteiger partial charge in [0.25, 0.3) is 5.91 Å². The van der Waals surface area contributed by atoms with Crippen molar-refractivity contribution in [3.8, 4) is 22.4 Å². The standard InChI is InChI=1S/C27H23BrN6O2/c28-23-24(18-10-12-33(13-11-18)27(35)22-7-4-14-36-22)32-26-20(16-31-34(26)25(23)29)19-8-9-21(30-15-19)17-5-2-1-3-6-17/h1-9,14-16,18H,10-13,29H2. The quantitative estimate of drug-likeness (QED) is 0.325. The van der Waals surface area contributed by atoms with Gasteiger partial charge >= 0.3 is 0 Å². The summed E-state index contributed by atoms with van der Waals surface area (Å²) in [7, 11) is 0. The van der Waals surface area contributed by atoms with Gasteiger partial charge in [-0.1, -0.05) is 36.4 Å². The summed E-state index contributed by atoms with van der Waals surface area (Å²) in [4.78, 5) is 24.2.